The molecule has 1 heterocycles. The molecule has 1 N–H and O–H groups in total. The summed E-state index contributed by atoms with van der Waals surface area (Å²) in [7, 11) is -3.57. The topological polar surface area (TPSA) is 96.4 Å². The number of carboxylic acids is 1. The quantitative estimate of drug-likeness (QED) is 0.546. The minimum absolute atomic E-state index is 0.0597. The number of carboxylic acid groups (broad SMARTS) is 1. The average molecular weight is 352 g/mol. The van der Waals surface area contributed by atoms with Crippen molar-refractivity contribution < 1.29 is 27.8 Å². The Labute approximate surface area is 138 Å². The second-order valence-corrected chi connectivity index (χ2v) is 8.00. The first-order valence-electron chi connectivity index (χ1n) is 7.81. The maximum Gasteiger partial charge on any atom is 0.318 e. The lowest BCUT2D eigenvalue weighted by Gasteiger charge is -2.34. The Kier molecular flexibility index (Phi) is 8.41. The average Bonchev–Trinajstić information content (AvgIpc) is 2.42. The molecule has 1 aliphatic heterocycles. The van der Waals surface area contributed by atoms with E-state index in [1.54, 1.807) is 0 Å². The van der Waals surface area contributed by atoms with E-state index in [1.807, 2.05) is 13.8 Å². The summed E-state index contributed by atoms with van der Waals surface area (Å²) in [5.74, 6) is -1.17. The van der Waals surface area contributed by atoms with Crippen molar-refractivity contribution >= 4 is 16.0 Å². The van der Waals surface area contributed by atoms with Crippen LogP contribution in [0, 0.1) is 0 Å². The van der Waals surface area contributed by atoms with E-state index in [4.69, 9.17) is 14.6 Å². The predicted molar refractivity (Wildman–Crippen MR) is 85.9 cm³/mol. The Hall–Kier alpha value is -0.740. The minimum Gasteiger partial charge on any atom is -0.480 e. The third-order valence-corrected chi connectivity index (χ3v) is 4.70. The highest BCUT2D eigenvalue weighted by Gasteiger charge is 2.27. The minimum atomic E-state index is -3.57. The van der Waals surface area contributed by atoms with Gasteiger partial charge in [-0.1, -0.05) is 0 Å². The molecule has 0 spiro atoms. The molecule has 0 bridgehead atoms. The normalized spacial score (nSPS) is 20.3. The zero-order valence-corrected chi connectivity index (χ0v) is 14.9. The van der Waals surface area contributed by atoms with Gasteiger partial charge in [0.15, 0.2) is 0 Å². The molecule has 0 aromatic rings. The molecule has 8 nitrogen and oxygen atoms in total. The van der Waals surface area contributed by atoms with E-state index in [-0.39, 0.29) is 18.8 Å². The molecule has 0 radical (unpaired) electrons. The molecule has 0 saturated carbocycles. The molecule has 0 aromatic carbocycles. The lowest BCUT2D eigenvalue weighted by Crippen LogP contribution is -2.49. The SMILES string of the molecule is CC(C)OCCCN1CCOC(CN(CC(=O)O)S(C)(=O)=O)C1. The van der Waals surface area contributed by atoms with Gasteiger partial charge in [0.05, 0.1) is 25.1 Å². The Bertz CT molecular complexity index is 468. The number of sulfonamides is 1. The Morgan fingerprint density at radius 1 is 1.48 bits per heavy atom. The van der Waals surface area contributed by atoms with Gasteiger partial charge in [-0.3, -0.25) is 9.69 Å². The molecule has 0 aromatic heterocycles. The monoisotopic (exact) mass is 352 g/mol. The predicted octanol–water partition coefficient (Wildman–Crippen LogP) is -0.151. The van der Waals surface area contributed by atoms with Gasteiger partial charge in [-0.15, -0.1) is 0 Å². The fraction of sp³-hybridized carbons (Fsp3) is 0.929. The highest BCUT2D eigenvalue weighted by Crippen LogP contribution is 2.10. The number of rotatable bonds is 10. The first-order chi connectivity index (χ1) is 10.7. The number of hydrogen-bond donors (Lipinski definition) is 1. The van der Waals surface area contributed by atoms with Crippen LogP contribution in [0.4, 0.5) is 0 Å². The Balaban J connectivity index is 2.45. The van der Waals surface area contributed by atoms with Crippen molar-refractivity contribution in [2.24, 2.45) is 0 Å². The molecule has 1 saturated heterocycles. The smallest absolute Gasteiger partial charge is 0.318 e. The van der Waals surface area contributed by atoms with E-state index in [1.165, 1.54) is 0 Å². The van der Waals surface area contributed by atoms with Crippen LogP contribution in [0.3, 0.4) is 0 Å². The number of aliphatic carboxylic acids is 1. The van der Waals surface area contributed by atoms with Gasteiger partial charge in [-0.25, -0.2) is 8.42 Å². The van der Waals surface area contributed by atoms with Gasteiger partial charge in [-0.2, -0.15) is 4.31 Å². The maximum absolute atomic E-state index is 11.7. The maximum atomic E-state index is 11.7. The molecule has 1 atom stereocenters. The summed E-state index contributed by atoms with van der Waals surface area (Å²) in [4.78, 5) is 13.0. The highest BCUT2D eigenvalue weighted by atomic mass is 32.2. The van der Waals surface area contributed by atoms with Crippen molar-refractivity contribution in [1.82, 2.24) is 9.21 Å². The summed E-state index contributed by atoms with van der Waals surface area (Å²) in [5, 5.41) is 8.85. The Morgan fingerprint density at radius 2 is 2.17 bits per heavy atom. The lowest BCUT2D eigenvalue weighted by atomic mass is 10.2. The molecule has 1 rings (SSSR count). The molecule has 1 fully saturated rings. The summed E-state index contributed by atoms with van der Waals surface area (Å²) in [6.45, 7) is 6.94. The van der Waals surface area contributed by atoms with Crippen molar-refractivity contribution in [2.45, 2.75) is 32.5 Å². The van der Waals surface area contributed by atoms with E-state index < -0.39 is 22.5 Å². The third kappa shape index (κ3) is 8.61. The zero-order chi connectivity index (χ0) is 17.5. The van der Waals surface area contributed by atoms with Crippen LogP contribution >= 0.6 is 0 Å². The number of carbonyl (C=O) groups is 1. The van der Waals surface area contributed by atoms with Gasteiger partial charge < -0.3 is 14.6 Å². The summed E-state index contributed by atoms with van der Waals surface area (Å²) in [6, 6.07) is 0. The highest BCUT2D eigenvalue weighted by molar-refractivity contribution is 7.88. The van der Waals surface area contributed by atoms with Crippen LogP contribution in [-0.4, -0.2) is 93.1 Å². The molecule has 9 heteroatoms. The number of hydrogen-bond acceptors (Lipinski definition) is 6. The van der Waals surface area contributed by atoms with Crippen LogP contribution in [0.2, 0.25) is 0 Å². The largest absolute Gasteiger partial charge is 0.480 e. The number of nitrogens with zero attached hydrogens (tertiary/aromatic N) is 2. The second kappa shape index (κ2) is 9.53. The molecule has 0 aliphatic carbocycles. The Morgan fingerprint density at radius 3 is 2.74 bits per heavy atom. The van der Waals surface area contributed by atoms with E-state index >= 15 is 0 Å². The van der Waals surface area contributed by atoms with Crippen LogP contribution in [0.25, 0.3) is 0 Å². The fourth-order valence-corrected chi connectivity index (χ4v) is 3.18. The van der Waals surface area contributed by atoms with Gasteiger partial charge >= 0.3 is 5.97 Å². The van der Waals surface area contributed by atoms with Crippen molar-refractivity contribution in [3.05, 3.63) is 0 Å². The van der Waals surface area contributed by atoms with Crippen LogP contribution in [-0.2, 0) is 24.3 Å². The summed E-state index contributed by atoms with van der Waals surface area (Å²) >= 11 is 0. The fourth-order valence-electron chi connectivity index (χ4n) is 2.40. The van der Waals surface area contributed by atoms with Crippen LogP contribution < -0.4 is 0 Å². The first kappa shape index (κ1) is 20.3. The van der Waals surface area contributed by atoms with Crippen LogP contribution in [0.15, 0.2) is 0 Å². The van der Waals surface area contributed by atoms with Crippen LogP contribution in [0.1, 0.15) is 20.3 Å². The van der Waals surface area contributed by atoms with Gasteiger partial charge in [0.25, 0.3) is 0 Å². The lowest BCUT2D eigenvalue weighted by molar-refractivity contribution is -0.137. The molecular weight excluding hydrogens is 324 g/mol. The molecule has 0 amide bonds. The van der Waals surface area contributed by atoms with Gasteiger partial charge in [0.2, 0.25) is 10.0 Å². The summed E-state index contributed by atoms with van der Waals surface area (Å²) in [6.07, 6.45) is 1.81. The van der Waals surface area contributed by atoms with E-state index in [9.17, 15) is 13.2 Å². The van der Waals surface area contributed by atoms with Gasteiger partial charge in [-0.05, 0) is 20.3 Å². The van der Waals surface area contributed by atoms with Crippen molar-refractivity contribution in [2.75, 3.05) is 52.2 Å². The van der Waals surface area contributed by atoms with Crippen LogP contribution in [0.5, 0.6) is 0 Å². The molecule has 1 aliphatic rings. The number of ether oxygens (including phenoxy) is 2. The van der Waals surface area contributed by atoms with E-state index in [0.29, 0.717) is 19.8 Å². The van der Waals surface area contributed by atoms with Crippen molar-refractivity contribution in [3.63, 3.8) is 0 Å². The van der Waals surface area contributed by atoms with Crippen molar-refractivity contribution in [3.8, 4) is 0 Å². The number of morpholine rings is 1. The van der Waals surface area contributed by atoms with E-state index in [0.717, 1.165) is 30.1 Å². The van der Waals surface area contributed by atoms with Gasteiger partial charge in [0, 0.05) is 32.8 Å². The zero-order valence-electron chi connectivity index (χ0n) is 14.1. The standard InChI is InChI=1S/C14H28N2O6S/c1-12(2)21-7-4-5-15-6-8-22-13(9-15)10-16(11-14(17)18)23(3,19)20/h12-13H,4-11H2,1-3H3,(H,17,18). The second-order valence-electron chi connectivity index (χ2n) is 6.02. The first-order valence-corrected chi connectivity index (χ1v) is 9.65. The van der Waals surface area contributed by atoms with Crippen molar-refractivity contribution in [1.29, 1.82) is 0 Å². The molecule has 136 valence electrons. The summed E-state index contributed by atoms with van der Waals surface area (Å²) in [5.41, 5.74) is 0. The van der Waals surface area contributed by atoms with E-state index in [2.05, 4.69) is 4.90 Å². The third-order valence-electron chi connectivity index (χ3n) is 3.48. The molecular formula is C14H28N2O6S. The van der Waals surface area contributed by atoms with Gasteiger partial charge in [0.1, 0.15) is 6.54 Å². The molecule has 23 heavy (non-hydrogen) atoms. The molecule has 1 unspecified atom stereocenters. The summed E-state index contributed by atoms with van der Waals surface area (Å²) < 4.78 is 35.4.